The molecule has 3 heteroatoms. The summed E-state index contributed by atoms with van der Waals surface area (Å²) in [5.74, 6) is 0. The highest BCUT2D eigenvalue weighted by Crippen LogP contribution is 2.31. The van der Waals surface area contributed by atoms with Gasteiger partial charge in [0.25, 0.3) is 0 Å². The SMILES string of the molecule is CNC(C)c1scc(C)c1Cl. The summed E-state index contributed by atoms with van der Waals surface area (Å²) in [5, 5.41) is 6.16. The fourth-order valence-corrected chi connectivity index (χ4v) is 2.30. The Kier molecular flexibility index (Phi) is 2.93. The summed E-state index contributed by atoms with van der Waals surface area (Å²) in [6.45, 7) is 4.14. The Hall–Kier alpha value is -0.0500. The standard InChI is InChI=1S/C8H12ClNS/c1-5-4-11-8(7(5)9)6(2)10-3/h4,6,10H,1-3H3. The van der Waals surface area contributed by atoms with E-state index in [1.54, 1.807) is 11.3 Å². The van der Waals surface area contributed by atoms with E-state index in [4.69, 9.17) is 11.6 Å². The molecule has 1 nitrogen and oxygen atoms in total. The van der Waals surface area contributed by atoms with Crippen molar-refractivity contribution in [2.45, 2.75) is 19.9 Å². The summed E-state index contributed by atoms with van der Waals surface area (Å²) in [6.07, 6.45) is 0. The minimum Gasteiger partial charge on any atom is -0.313 e. The van der Waals surface area contributed by atoms with Gasteiger partial charge < -0.3 is 5.32 Å². The molecule has 62 valence electrons. The van der Waals surface area contributed by atoms with Gasteiger partial charge in [0.2, 0.25) is 0 Å². The molecule has 0 amide bonds. The lowest BCUT2D eigenvalue weighted by Gasteiger charge is -2.07. The van der Waals surface area contributed by atoms with Crippen LogP contribution in [0.15, 0.2) is 5.38 Å². The zero-order valence-electron chi connectivity index (χ0n) is 6.94. The van der Waals surface area contributed by atoms with Crippen LogP contribution in [0.25, 0.3) is 0 Å². The van der Waals surface area contributed by atoms with E-state index in [1.165, 1.54) is 10.4 Å². The van der Waals surface area contributed by atoms with Gasteiger partial charge >= 0.3 is 0 Å². The Bertz CT molecular complexity index is 244. The van der Waals surface area contributed by atoms with Crippen LogP contribution in [-0.2, 0) is 0 Å². The Balaban J connectivity index is 2.94. The third-order valence-electron chi connectivity index (χ3n) is 1.75. The number of hydrogen-bond donors (Lipinski definition) is 1. The molecule has 0 aliphatic rings. The first-order chi connectivity index (χ1) is 5.16. The van der Waals surface area contributed by atoms with Crippen molar-refractivity contribution in [1.29, 1.82) is 0 Å². The number of nitrogens with one attached hydrogen (secondary N) is 1. The number of aryl methyl sites for hydroxylation is 1. The van der Waals surface area contributed by atoms with Crippen molar-refractivity contribution in [1.82, 2.24) is 5.32 Å². The van der Waals surface area contributed by atoms with Gasteiger partial charge in [0.1, 0.15) is 0 Å². The van der Waals surface area contributed by atoms with E-state index in [1.807, 2.05) is 14.0 Å². The van der Waals surface area contributed by atoms with E-state index in [-0.39, 0.29) is 0 Å². The third-order valence-corrected chi connectivity index (χ3v) is 3.65. The summed E-state index contributed by atoms with van der Waals surface area (Å²) in [4.78, 5) is 1.23. The average Bonchev–Trinajstić information content (AvgIpc) is 2.32. The average molecular weight is 190 g/mol. The fourth-order valence-electron chi connectivity index (χ4n) is 0.873. The van der Waals surface area contributed by atoms with Crippen LogP contribution in [-0.4, -0.2) is 7.05 Å². The summed E-state index contributed by atoms with van der Waals surface area (Å²) in [6, 6.07) is 0.362. The van der Waals surface area contributed by atoms with Crippen LogP contribution in [0, 0.1) is 6.92 Å². The Morgan fingerprint density at radius 3 is 2.64 bits per heavy atom. The predicted octanol–water partition coefficient (Wildman–Crippen LogP) is 2.99. The van der Waals surface area contributed by atoms with Gasteiger partial charge in [-0.05, 0) is 31.8 Å². The molecule has 1 aromatic heterocycles. The molecule has 0 bridgehead atoms. The Morgan fingerprint density at radius 1 is 1.64 bits per heavy atom. The van der Waals surface area contributed by atoms with Crippen LogP contribution in [0.5, 0.6) is 0 Å². The highest BCUT2D eigenvalue weighted by atomic mass is 35.5. The van der Waals surface area contributed by atoms with Crippen LogP contribution in [0.1, 0.15) is 23.4 Å². The van der Waals surface area contributed by atoms with Crippen molar-refractivity contribution < 1.29 is 0 Å². The van der Waals surface area contributed by atoms with Crippen LogP contribution >= 0.6 is 22.9 Å². The predicted molar refractivity (Wildman–Crippen MR) is 51.5 cm³/mol. The maximum absolute atomic E-state index is 6.05. The highest BCUT2D eigenvalue weighted by Gasteiger charge is 2.10. The lowest BCUT2D eigenvalue weighted by Crippen LogP contribution is -2.10. The van der Waals surface area contributed by atoms with E-state index in [9.17, 15) is 0 Å². The first-order valence-electron chi connectivity index (χ1n) is 3.57. The zero-order valence-corrected chi connectivity index (χ0v) is 8.51. The van der Waals surface area contributed by atoms with Crippen LogP contribution in [0.2, 0.25) is 5.02 Å². The van der Waals surface area contributed by atoms with Crippen LogP contribution in [0.3, 0.4) is 0 Å². The number of rotatable bonds is 2. The molecule has 1 rings (SSSR count). The number of hydrogen-bond acceptors (Lipinski definition) is 2. The molecule has 0 spiro atoms. The van der Waals surface area contributed by atoms with Crippen LogP contribution < -0.4 is 5.32 Å². The largest absolute Gasteiger partial charge is 0.313 e. The van der Waals surface area contributed by atoms with Crippen LogP contribution in [0.4, 0.5) is 0 Å². The Labute approximate surface area is 76.4 Å². The van der Waals surface area contributed by atoms with Gasteiger partial charge in [-0.3, -0.25) is 0 Å². The van der Waals surface area contributed by atoms with Crippen molar-refractivity contribution >= 4 is 22.9 Å². The summed E-state index contributed by atoms with van der Waals surface area (Å²) in [5.41, 5.74) is 1.17. The smallest absolute Gasteiger partial charge is 0.0590 e. The maximum atomic E-state index is 6.05. The fraction of sp³-hybridized carbons (Fsp3) is 0.500. The zero-order chi connectivity index (χ0) is 8.43. The second-order valence-corrected chi connectivity index (χ2v) is 3.90. The van der Waals surface area contributed by atoms with E-state index in [0.717, 1.165) is 5.02 Å². The van der Waals surface area contributed by atoms with E-state index >= 15 is 0 Å². The molecule has 1 N–H and O–H groups in total. The quantitative estimate of drug-likeness (QED) is 0.755. The van der Waals surface area contributed by atoms with Gasteiger partial charge in [-0.2, -0.15) is 0 Å². The molecular weight excluding hydrogens is 178 g/mol. The molecule has 1 unspecified atom stereocenters. The number of thiophene rings is 1. The normalized spacial score (nSPS) is 13.5. The lowest BCUT2D eigenvalue weighted by atomic mass is 10.2. The first kappa shape index (κ1) is 9.04. The Morgan fingerprint density at radius 2 is 2.27 bits per heavy atom. The highest BCUT2D eigenvalue weighted by molar-refractivity contribution is 7.10. The van der Waals surface area contributed by atoms with Gasteiger partial charge in [-0.1, -0.05) is 11.6 Å². The molecule has 0 saturated heterocycles. The molecule has 1 heterocycles. The van der Waals surface area contributed by atoms with Crippen molar-refractivity contribution in [2.75, 3.05) is 7.05 Å². The molecule has 0 saturated carbocycles. The molecule has 1 atom stereocenters. The summed E-state index contributed by atoms with van der Waals surface area (Å²) in [7, 11) is 1.94. The second kappa shape index (κ2) is 3.57. The van der Waals surface area contributed by atoms with Gasteiger partial charge in [-0.25, -0.2) is 0 Å². The van der Waals surface area contributed by atoms with Crippen molar-refractivity contribution in [3.63, 3.8) is 0 Å². The van der Waals surface area contributed by atoms with Gasteiger partial charge in [-0.15, -0.1) is 11.3 Å². The third kappa shape index (κ3) is 1.75. The van der Waals surface area contributed by atoms with Gasteiger partial charge in [0, 0.05) is 10.9 Å². The molecule has 1 aromatic rings. The minimum absolute atomic E-state index is 0.362. The molecule has 11 heavy (non-hydrogen) atoms. The first-order valence-corrected chi connectivity index (χ1v) is 4.83. The summed E-state index contributed by atoms with van der Waals surface area (Å²) >= 11 is 7.77. The molecule has 0 aliphatic heterocycles. The molecule has 0 fully saturated rings. The van der Waals surface area contributed by atoms with E-state index in [2.05, 4.69) is 17.6 Å². The van der Waals surface area contributed by atoms with Crippen molar-refractivity contribution in [3.8, 4) is 0 Å². The molecular formula is C8H12ClNS. The van der Waals surface area contributed by atoms with Crippen molar-refractivity contribution in [2.24, 2.45) is 0 Å². The topological polar surface area (TPSA) is 12.0 Å². The summed E-state index contributed by atoms with van der Waals surface area (Å²) < 4.78 is 0. The molecule has 0 aromatic carbocycles. The minimum atomic E-state index is 0.362. The maximum Gasteiger partial charge on any atom is 0.0590 e. The van der Waals surface area contributed by atoms with Gasteiger partial charge in [0.05, 0.1) is 5.02 Å². The lowest BCUT2D eigenvalue weighted by molar-refractivity contribution is 0.664. The van der Waals surface area contributed by atoms with E-state index < -0.39 is 0 Å². The van der Waals surface area contributed by atoms with Crippen molar-refractivity contribution in [3.05, 3.63) is 20.8 Å². The molecule has 0 aliphatic carbocycles. The second-order valence-electron chi connectivity index (χ2n) is 2.61. The van der Waals surface area contributed by atoms with Gasteiger partial charge in [0.15, 0.2) is 0 Å². The molecule has 0 radical (unpaired) electrons. The van der Waals surface area contributed by atoms with E-state index in [0.29, 0.717) is 6.04 Å². The number of halogens is 1. The monoisotopic (exact) mass is 189 g/mol.